The van der Waals surface area contributed by atoms with E-state index in [1.807, 2.05) is 18.2 Å². The van der Waals surface area contributed by atoms with Crippen LogP contribution in [0.4, 0.5) is 0 Å². The Morgan fingerprint density at radius 1 is 0.507 bits per heavy atom. The zero-order valence-electron chi connectivity index (χ0n) is 37.1. The van der Waals surface area contributed by atoms with Crippen molar-refractivity contribution in [3.05, 3.63) is 294 Å². The van der Waals surface area contributed by atoms with Gasteiger partial charge in [-0.2, -0.15) is 0 Å². The molecule has 0 amide bonds. The standard InChI is InChI=1S/C64H48N2O/c67-43-50-33-19-20-34-53(50)64(60-37-35-58(65-60)62-54(46-25-11-3-12-26-46)39-51(44-21-7-1-8-22-44)40-55(62)47-27-13-4-14-28-47)61-38-36-59(66-61)63-56(48-29-15-5-16-30-48)41-52(45-23-9-2-10-24-45)42-57(63)49-31-17-6-18-32-49/h1-41,52,65,67H,42-43H2/b64-61-. The Balaban J connectivity index is 1.12. The van der Waals surface area contributed by atoms with E-state index in [0.29, 0.717) is 0 Å². The molecule has 0 bridgehead atoms. The molecule has 3 heteroatoms. The summed E-state index contributed by atoms with van der Waals surface area (Å²) in [6.07, 6.45) is 7.62. The smallest absolute Gasteiger partial charge is 0.0737 e. The number of nitrogens with zero attached hydrogens (tertiary/aromatic N) is 1. The summed E-state index contributed by atoms with van der Waals surface area (Å²) in [5, 5.41) is 10.9. The van der Waals surface area contributed by atoms with Gasteiger partial charge in [0.1, 0.15) is 0 Å². The highest BCUT2D eigenvalue weighted by Crippen LogP contribution is 2.47. The van der Waals surface area contributed by atoms with Gasteiger partial charge in [-0.3, -0.25) is 0 Å². The van der Waals surface area contributed by atoms with Crippen LogP contribution in [0.15, 0.2) is 265 Å². The molecule has 1 aromatic heterocycles. The van der Waals surface area contributed by atoms with Crippen molar-refractivity contribution < 1.29 is 5.11 Å². The number of aliphatic hydroxyl groups excluding tert-OH is 1. The predicted octanol–water partition coefficient (Wildman–Crippen LogP) is 15.7. The molecule has 2 heterocycles. The van der Waals surface area contributed by atoms with Crippen LogP contribution in [0, 0.1) is 0 Å². The highest BCUT2D eigenvalue weighted by Gasteiger charge is 2.30. The Labute approximate surface area is 392 Å². The number of aliphatic hydroxyl groups is 1. The minimum atomic E-state index is -0.108. The maximum atomic E-state index is 10.9. The lowest BCUT2D eigenvalue weighted by Gasteiger charge is -2.28. The van der Waals surface area contributed by atoms with Crippen molar-refractivity contribution in [3.8, 4) is 44.6 Å². The van der Waals surface area contributed by atoms with Crippen LogP contribution in [0.5, 0.6) is 0 Å². The van der Waals surface area contributed by atoms with Crippen molar-refractivity contribution in [2.75, 3.05) is 0 Å². The molecule has 0 saturated carbocycles. The van der Waals surface area contributed by atoms with Crippen molar-refractivity contribution in [2.24, 2.45) is 4.99 Å². The summed E-state index contributed by atoms with van der Waals surface area (Å²) in [6, 6.07) is 81.5. The second-order valence-electron chi connectivity index (χ2n) is 17.1. The van der Waals surface area contributed by atoms with Gasteiger partial charge in [0.25, 0.3) is 0 Å². The van der Waals surface area contributed by atoms with Gasteiger partial charge in [-0.1, -0.05) is 212 Å². The number of hydrogen-bond donors (Lipinski definition) is 2. The second-order valence-corrected chi connectivity index (χ2v) is 17.1. The molecular weight excluding hydrogens is 813 g/mol. The van der Waals surface area contributed by atoms with Gasteiger partial charge in [0.05, 0.1) is 18.0 Å². The third kappa shape index (κ3) is 8.30. The fourth-order valence-corrected chi connectivity index (χ4v) is 9.87. The Bertz CT molecular complexity index is 3300. The lowest BCUT2D eigenvalue weighted by molar-refractivity contribution is 0.281. The maximum absolute atomic E-state index is 10.9. The van der Waals surface area contributed by atoms with Gasteiger partial charge in [0, 0.05) is 34.0 Å². The molecule has 1 aliphatic carbocycles. The van der Waals surface area contributed by atoms with E-state index >= 15 is 0 Å². The molecule has 11 rings (SSSR count). The zero-order chi connectivity index (χ0) is 44.9. The van der Waals surface area contributed by atoms with Crippen LogP contribution in [0.1, 0.15) is 45.8 Å². The summed E-state index contributed by atoms with van der Waals surface area (Å²) >= 11 is 0. The highest BCUT2D eigenvalue weighted by atomic mass is 16.3. The lowest BCUT2D eigenvalue weighted by atomic mass is 9.75. The SMILES string of the molecule is OCc1ccccc1/C(=C1\C=CC(C2=C(c3ccccc3)CC(c3ccccc3)C=C2c2ccccc2)=N1)c1ccc(-c2c(-c3ccccc3)cc(-c3ccccc3)cc2-c2ccccc2)[nH]1. The fraction of sp³-hybridized carbons (Fsp3) is 0.0469. The monoisotopic (exact) mass is 860 g/mol. The van der Waals surface area contributed by atoms with Crippen LogP contribution >= 0.6 is 0 Å². The Morgan fingerprint density at radius 2 is 1.03 bits per heavy atom. The molecule has 1 unspecified atom stereocenters. The summed E-state index contributed by atoms with van der Waals surface area (Å²) in [4.78, 5) is 9.59. The third-order valence-corrected chi connectivity index (χ3v) is 13.0. The Kier molecular flexibility index (Phi) is 11.5. The van der Waals surface area contributed by atoms with E-state index in [2.05, 4.69) is 236 Å². The Hall–Kier alpha value is -8.37. The molecule has 0 fully saturated rings. The first kappa shape index (κ1) is 41.3. The van der Waals surface area contributed by atoms with Crippen LogP contribution in [0.2, 0.25) is 0 Å². The van der Waals surface area contributed by atoms with Crippen molar-refractivity contribution in [3.63, 3.8) is 0 Å². The number of aromatic amines is 1. The molecule has 2 aliphatic rings. The number of benzene rings is 8. The van der Waals surface area contributed by atoms with Gasteiger partial charge in [-0.15, -0.1) is 0 Å². The average Bonchev–Trinajstić information content (AvgIpc) is 4.11. The van der Waals surface area contributed by atoms with Gasteiger partial charge >= 0.3 is 0 Å². The number of aromatic nitrogens is 1. The molecule has 67 heavy (non-hydrogen) atoms. The number of hydrogen-bond acceptors (Lipinski definition) is 2. The Morgan fingerprint density at radius 3 is 1.63 bits per heavy atom. The van der Waals surface area contributed by atoms with Crippen LogP contribution < -0.4 is 0 Å². The molecule has 9 aromatic rings. The highest BCUT2D eigenvalue weighted by molar-refractivity contribution is 6.25. The molecular formula is C64H48N2O. The second kappa shape index (κ2) is 18.6. The summed E-state index contributed by atoms with van der Waals surface area (Å²) in [5.41, 5.74) is 21.5. The van der Waals surface area contributed by atoms with E-state index in [0.717, 1.165) is 96.0 Å². The largest absolute Gasteiger partial charge is 0.392 e. The third-order valence-electron chi connectivity index (χ3n) is 13.0. The van der Waals surface area contributed by atoms with E-state index in [1.54, 1.807) is 0 Å². The molecule has 0 spiro atoms. The fourth-order valence-electron chi connectivity index (χ4n) is 9.87. The van der Waals surface area contributed by atoms with E-state index in [9.17, 15) is 5.11 Å². The minimum Gasteiger partial charge on any atom is -0.392 e. The van der Waals surface area contributed by atoms with Gasteiger partial charge in [0.15, 0.2) is 0 Å². The summed E-state index contributed by atoms with van der Waals surface area (Å²) < 4.78 is 0. The summed E-state index contributed by atoms with van der Waals surface area (Å²) in [7, 11) is 0. The summed E-state index contributed by atoms with van der Waals surface area (Å²) in [6.45, 7) is -0.108. The van der Waals surface area contributed by atoms with Gasteiger partial charge in [-0.25, -0.2) is 4.99 Å². The maximum Gasteiger partial charge on any atom is 0.0737 e. The molecule has 0 radical (unpaired) electrons. The van der Waals surface area contributed by atoms with Crippen molar-refractivity contribution in [2.45, 2.75) is 18.9 Å². The molecule has 320 valence electrons. The predicted molar refractivity (Wildman–Crippen MR) is 279 cm³/mol. The van der Waals surface area contributed by atoms with E-state index in [-0.39, 0.29) is 12.5 Å². The van der Waals surface area contributed by atoms with Crippen LogP contribution in [-0.2, 0) is 6.61 Å². The van der Waals surface area contributed by atoms with E-state index in [1.165, 1.54) is 22.3 Å². The molecule has 0 saturated heterocycles. The molecule has 3 nitrogen and oxygen atoms in total. The van der Waals surface area contributed by atoms with Gasteiger partial charge < -0.3 is 10.1 Å². The molecule has 1 aliphatic heterocycles. The zero-order valence-corrected chi connectivity index (χ0v) is 37.1. The number of rotatable bonds is 11. The molecule has 8 aromatic carbocycles. The lowest BCUT2D eigenvalue weighted by Crippen LogP contribution is -2.13. The van der Waals surface area contributed by atoms with Crippen molar-refractivity contribution in [1.82, 2.24) is 4.98 Å². The first-order chi connectivity index (χ1) is 33.2. The number of allylic oxidation sites excluding steroid dienone is 6. The first-order valence-electron chi connectivity index (χ1n) is 23.1. The van der Waals surface area contributed by atoms with E-state index in [4.69, 9.17) is 4.99 Å². The molecule has 1 atom stereocenters. The normalized spacial score (nSPS) is 15.3. The van der Waals surface area contributed by atoms with Crippen molar-refractivity contribution >= 4 is 22.4 Å². The van der Waals surface area contributed by atoms with Crippen molar-refractivity contribution in [1.29, 1.82) is 0 Å². The first-order valence-corrected chi connectivity index (χ1v) is 23.1. The van der Waals surface area contributed by atoms with Crippen LogP contribution in [0.25, 0.3) is 61.4 Å². The van der Waals surface area contributed by atoms with Gasteiger partial charge in [-0.05, 0) is 115 Å². The molecule has 2 N–H and O–H groups in total. The van der Waals surface area contributed by atoms with Crippen LogP contribution in [-0.4, -0.2) is 15.8 Å². The minimum absolute atomic E-state index is 0.108. The topological polar surface area (TPSA) is 48.4 Å². The van der Waals surface area contributed by atoms with Gasteiger partial charge in [0.2, 0.25) is 0 Å². The average molecular weight is 861 g/mol. The number of aliphatic imine (C=N–C) groups is 1. The summed E-state index contributed by atoms with van der Waals surface area (Å²) in [5.74, 6) is 0.184. The number of nitrogens with one attached hydrogen (secondary N) is 1. The van der Waals surface area contributed by atoms with E-state index < -0.39 is 0 Å². The van der Waals surface area contributed by atoms with Crippen LogP contribution in [0.3, 0.4) is 0 Å². The quantitative estimate of drug-likeness (QED) is 0.134. The number of H-pyrrole nitrogens is 1.